The van der Waals surface area contributed by atoms with Crippen LogP contribution < -0.4 is 11.1 Å². The normalized spacial score (nSPS) is 16.9. The van der Waals surface area contributed by atoms with Crippen molar-refractivity contribution >= 4 is 63.8 Å². The van der Waals surface area contributed by atoms with E-state index in [1.54, 1.807) is 56.8 Å². The number of aromatic nitrogens is 2. The van der Waals surface area contributed by atoms with E-state index in [1.807, 2.05) is 97.1 Å². The van der Waals surface area contributed by atoms with Crippen LogP contribution in [0.2, 0.25) is 0 Å². The molecular formula is C44H40N6O7S2. The summed E-state index contributed by atoms with van der Waals surface area (Å²) in [6.45, 7) is 4.38. The summed E-state index contributed by atoms with van der Waals surface area (Å²) in [5.74, 6) is -2.46. The number of nitrogens with two attached hydrogens (primary N) is 1. The Balaban J connectivity index is 1.20. The number of ether oxygens (including phenoxy) is 2. The van der Waals surface area contributed by atoms with Gasteiger partial charge in [0.2, 0.25) is 12.4 Å². The molecule has 7 rings (SSSR count). The predicted molar refractivity (Wildman–Crippen MR) is 225 cm³/mol. The molecule has 1 saturated heterocycles. The maximum absolute atomic E-state index is 14.4. The molecule has 300 valence electrons. The molecule has 1 fully saturated rings. The van der Waals surface area contributed by atoms with Crippen molar-refractivity contribution in [2.24, 2.45) is 10.6 Å². The summed E-state index contributed by atoms with van der Waals surface area (Å²) in [6, 6.07) is 31.1. The Kier molecular flexibility index (Phi) is 12.0. The van der Waals surface area contributed by atoms with Crippen LogP contribution in [0.3, 0.4) is 0 Å². The lowest BCUT2D eigenvalue weighted by atomic mass is 9.80. The van der Waals surface area contributed by atoms with Gasteiger partial charge in [0.15, 0.2) is 10.8 Å². The molecule has 2 amide bonds. The lowest BCUT2D eigenvalue weighted by molar-refractivity contribution is -0.173. The maximum Gasteiger partial charge on any atom is 0.358 e. The molecule has 4 heterocycles. The molecule has 5 aromatic rings. The largest absolute Gasteiger partial charge is 0.427 e. The molecule has 0 saturated carbocycles. The molecule has 2 atom stereocenters. The van der Waals surface area contributed by atoms with Gasteiger partial charge in [0.1, 0.15) is 22.8 Å². The van der Waals surface area contributed by atoms with Crippen LogP contribution in [0.5, 0.6) is 0 Å². The number of anilines is 1. The first-order valence-corrected chi connectivity index (χ1v) is 20.5. The number of fused-ring (bicyclic) bond motifs is 1. The van der Waals surface area contributed by atoms with Gasteiger partial charge in [-0.15, -0.1) is 23.1 Å². The van der Waals surface area contributed by atoms with Gasteiger partial charge in [-0.05, 0) is 38.0 Å². The molecule has 3 N–H and O–H groups in total. The fourth-order valence-corrected chi connectivity index (χ4v) is 8.32. The van der Waals surface area contributed by atoms with E-state index >= 15 is 0 Å². The molecule has 2 aliphatic rings. The number of carbonyl (C=O) groups is 4. The summed E-state index contributed by atoms with van der Waals surface area (Å²) >= 11 is 2.47. The highest BCUT2D eigenvalue weighted by Crippen LogP contribution is 2.43. The molecule has 0 aliphatic carbocycles. The number of β-lactam (4-membered cyclic amide) rings is 1. The first-order chi connectivity index (χ1) is 28.5. The van der Waals surface area contributed by atoms with Crippen LogP contribution in [0.4, 0.5) is 5.13 Å². The maximum atomic E-state index is 14.4. The SMILES string of the molecule is CC(C)(C)C(=O)OCOC(=O)C1=C(/C=C\c2cccnc2)CS[C@@H]2[C@H](NC(=O)C(=NOC(c3ccccc3)(c3ccccc3)c3ccccc3)c3csc(N)n3)C(=O)N12. The first kappa shape index (κ1) is 40.6. The fraction of sp³-hybridized carbons (Fsp3) is 0.205. The van der Waals surface area contributed by atoms with Crippen LogP contribution in [0.25, 0.3) is 6.08 Å². The average molecular weight is 829 g/mol. The molecule has 13 nitrogen and oxygen atoms in total. The van der Waals surface area contributed by atoms with Crippen LogP contribution in [0.1, 0.15) is 48.7 Å². The Morgan fingerprint density at radius 2 is 1.53 bits per heavy atom. The van der Waals surface area contributed by atoms with Gasteiger partial charge >= 0.3 is 11.9 Å². The molecule has 0 unspecified atom stereocenters. The molecule has 59 heavy (non-hydrogen) atoms. The van der Waals surface area contributed by atoms with Gasteiger partial charge in [0.25, 0.3) is 11.8 Å². The minimum absolute atomic E-state index is 0.0286. The van der Waals surface area contributed by atoms with Crippen molar-refractivity contribution in [3.05, 3.63) is 166 Å². The minimum atomic E-state index is -1.32. The molecule has 2 aromatic heterocycles. The number of benzene rings is 3. The Bertz CT molecular complexity index is 2320. The van der Waals surface area contributed by atoms with Gasteiger partial charge in [0.05, 0.1) is 5.41 Å². The molecule has 15 heteroatoms. The lowest BCUT2D eigenvalue weighted by Gasteiger charge is -2.49. The third-order valence-electron chi connectivity index (χ3n) is 9.43. The van der Waals surface area contributed by atoms with Gasteiger partial charge in [-0.25, -0.2) is 9.78 Å². The average Bonchev–Trinajstić information content (AvgIpc) is 3.69. The van der Waals surface area contributed by atoms with Crippen LogP contribution in [0.15, 0.2) is 143 Å². The van der Waals surface area contributed by atoms with Gasteiger partial charge in [-0.2, -0.15) is 0 Å². The highest BCUT2D eigenvalue weighted by atomic mass is 32.2. The number of oxime groups is 1. The number of allylic oxidation sites excluding steroid dienone is 1. The summed E-state index contributed by atoms with van der Waals surface area (Å²) < 4.78 is 10.6. The number of hydrogen-bond acceptors (Lipinski definition) is 13. The number of esters is 2. The first-order valence-electron chi connectivity index (χ1n) is 18.5. The minimum Gasteiger partial charge on any atom is -0.427 e. The summed E-state index contributed by atoms with van der Waals surface area (Å²) in [5.41, 5.74) is 7.30. The quantitative estimate of drug-likeness (QED) is 0.0341. The topological polar surface area (TPSA) is 175 Å². The number of nitrogens with zero attached hydrogens (tertiary/aromatic N) is 4. The lowest BCUT2D eigenvalue weighted by Crippen LogP contribution is -2.71. The standard InChI is InChI=1S/C44H40N6O7S2/c1-43(2,3)41(54)56-27-55-40(53)36-29(22-21-28-14-13-23-46-24-28)25-58-39-35(38(52)50(36)39)48-37(51)34(33-26-59-42(45)47-33)49-57-44(30-15-7-4-8-16-30,31-17-9-5-10-18-31)32-19-11-6-12-20-32/h4-24,26,35,39H,25,27H2,1-3H3,(H2,45,47)(H,48,51)/b22-21-,49-34?/t35-,39-/m1/s1. The second-order valence-electron chi connectivity index (χ2n) is 14.5. The zero-order chi connectivity index (χ0) is 41.6. The van der Waals surface area contributed by atoms with Crippen LogP contribution in [-0.2, 0) is 39.1 Å². The predicted octanol–water partition coefficient (Wildman–Crippen LogP) is 6.29. The van der Waals surface area contributed by atoms with Gasteiger partial charge < -0.3 is 25.4 Å². The molecule has 0 radical (unpaired) electrons. The van der Waals surface area contributed by atoms with Gasteiger partial charge in [0, 0.05) is 40.2 Å². The monoisotopic (exact) mass is 828 g/mol. The van der Waals surface area contributed by atoms with Crippen LogP contribution in [-0.4, -0.2) is 68.3 Å². The zero-order valence-corrected chi connectivity index (χ0v) is 33.9. The van der Waals surface area contributed by atoms with Crippen LogP contribution in [0, 0.1) is 5.41 Å². The molecule has 0 bridgehead atoms. The van der Waals surface area contributed by atoms with E-state index in [0.29, 0.717) is 5.57 Å². The molecule has 3 aromatic carbocycles. The molecule has 2 aliphatic heterocycles. The number of amides is 2. The van der Waals surface area contributed by atoms with Crippen molar-refractivity contribution in [3.63, 3.8) is 0 Å². The van der Waals surface area contributed by atoms with E-state index in [-0.39, 0.29) is 28.0 Å². The van der Waals surface area contributed by atoms with E-state index in [1.165, 1.54) is 16.7 Å². The van der Waals surface area contributed by atoms with Gasteiger partial charge in [-0.1, -0.05) is 114 Å². The number of carbonyl (C=O) groups excluding carboxylic acids is 4. The number of nitrogens with one attached hydrogen (secondary N) is 1. The van der Waals surface area contributed by atoms with Crippen molar-refractivity contribution in [1.29, 1.82) is 0 Å². The Morgan fingerprint density at radius 1 is 0.898 bits per heavy atom. The van der Waals surface area contributed by atoms with Crippen molar-refractivity contribution in [2.45, 2.75) is 37.8 Å². The number of rotatable bonds is 13. The summed E-state index contributed by atoms with van der Waals surface area (Å²) in [5, 5.41) is 8.46. The number of thioether (sulfide) groups is 1. The molecular weight excluding hydrogens is 789 g/mol. The van der Waals surface area contributed by atoms with E-state index in [9.17, 15) is 19.2 Å². The Labute approximate surface area is 349 Å². The van der Waals surface area contributed by atoms with E-state index in [2.05, 4.69) is 20.4 Å². The van der Waals surface area contributed by atoms with E-state index < -0.39 is 53.0 Å². The Morgan fingerprint density at radius 3 is 2.07 bits per heavy atom. The fourth-order valence-electron chi connectivity index (χ4n) is 6.45. The van der Waals surface area contributed by atoms with Crippen molar-refractivity contribution in [3.8, 4) is 0 Å². The third-order valence-corrected chi connectivity index (χ3v) is 11.4. The zero-order valence-electron chi connectivity index (χ0n) is 32.3. The second-order valence-corrected chi connectivity index (χ2v) is 16.5. The number of pyridine rings is 1. The van der Waals surface area contributed by atoms with Crippen molar-refractivity contribution < 1.29 is 33.5 Å². The summed E-state index contributed by atoms with van der Waals surface area (Å²) in [6.07, 6.45) is 6.78. The highest BCUT2D eigenvalue weighted by molar-refractivity contribution is 8.00. The van der Waals surface area contributed by atoms with Crippen molar-refractivity contribution in [2.75, 3.05) is 18.3 Å². The van der Waals surface area contributed by atoms with E-state index in [4.69, 9.17) is 20.0 Å². The number of thiazole rings is 1. The van der Waals surface area contributed by atoms with E-state index in [0.717, 1.165) is 33.6 Å². The Hall–Kier alpha value is -6.58. The third kappa shape index (κ3) is 8.66. The summed E-state index contributed by atoms with van der Waals surface area (Å²) in [7, 11) is 0. The van der Waals surface area contributed by atoms with Crippen LogP contribution >= 0.6 is 23.1 Å². The smallest absolute Gasteiger partial charge is 0.358 e. The van der Waals surface area contributed by atoms with Crippen molar-refractivity contribution in [1.82, 2.24) is 20.2 Å². The highest BCUT2D eigenvalue weighted by Gasteiger charge is 2.54. The number of hydrogen-bond donors (Lipinski definition) is 2. The summed E-state index contributed by atoms with van der Waals surface area (Å²) in [4.78, 5) is 70.9. The molecule has 0 spiro atoms. The number of nitrogen functional groups attached to an aromatic ring is 1. The second kappa shape index (κ2) is 17.5. The van der Waals surface area contributed by atoms with Gasteiger partial charge in [-0.3, -0.25) is 24.3 Å².